The van der Waals surface area contributed by atoms with Crippen molar-refractivity contribution in [3.8, 4) is 0 Å². The van der Waals surface area contributed by atoms with Gasteiger partial charge in [0.05, 0.1) is 12.2 Å². The summed E-state index contributed by atoms with van der Waals surface area (Å²) < 4.78 is 0. The van der Waals surface area contributed by atoms with E-state index >= 15 is 0 Å². The molecule has 2 N–H and O–H groups in total. The van der Waals surface area contributed by atoms with Crippen LogP contribution in [-0.4, -0.2) is 22.4 Å². The molecule has 0 saturated carbocycles. The van der Waals surface area contributed by atoms with Crippen LogP contribution in [-0.2, 0) is 0 Å². The van der Waals surface area contributed by atoms with Crippen molar-refractivity contribution in [1.29, 1.82) is 0 Å². The fourth-order valence-electron chi connectivity index (χ4n) is 2.23. The Kier molecular flexibility index (Phi) is 9.39. The minimum Gasteiger partial charge on any atom is -0.393 e. The Balaban J connectivity index is 4.15. The number of aliphatic hydroxyl groups is 2. The van der Waals surface area contributed by atoms with Gasteiger partial charge in [-0.15, -0.1) is 0 Å². The largest absolute Gasteiger partial charge is 0.393 e. The van der Waals surface area contributed by atoms with Crippen LogP contribution in [0.15, 0.2) is 12.2 Å². The lowest BCUT2D eigenvalue weighted by Crippen LogP contribution is -2.24. The van der Waals surface area contributed by atoms with Gasteiger partial charge in [0.1, 0.15) is 0 Å². The Labute approximate surface area is 113 Å². The minimum atomic E-state index is -0.422. The Bertz CT molecular complexity index is 223. The molecule has 0 amide bonds. The Hall–Kier alpha value is -0.340. The van der Waals surface area contributed by atoms with Crippen LogP contribution < -0.4 is 0 Å². The van der Waals surface area contributed by atoms with Gasteiger partial charge in [0.25, 0.3) is 0 Å². The van der Waals surface area contributed by atoms with Crippen molar-refractivity contribution in [2.45, 2.75) is 84.8 Å². The predicted molar refractivity (Wildman–Crippen MR) is 78.6 cm³/mol. The predicted octanol–water partition coefficient (Wildman–Crippen LogP) is 4.06. The summed E-state index contributed by atoms with van der Waals surface area (Å²) >= 11 is 0. The number of unbranched alkanes of at least 4 members (excludes halogenated alkanes) is 3. The maximum absolute atomic E-state index is 9.93. The second-order valence-electron chi connectivity index (χ2n) is 5.85. The highest BCUT2D eigenvalue weighted by atomic mass is 16.3. The van der Waals surface area contributed by atoms with E-state index in [4.69, 9.17) is 0 Å². The molecule has 2 nitrogen and oxygen atoms in total. The maximum Gasteiger partial charge on any atom is 0.0572 e. The lowest BCUT2D eigenvalue weighted by Gasteiger charge is -2.28. The summed E-state index contributed by atoms with van der Waals surface area (Å²) in [4.78, 5) is 0. The zero-order chi connectivity index (χ0) is 14.0. The third-order valence-electron chi connectivity index (χ3n) is 3.62. The minimum absolute atomic E-state index is 0.0561. The second kappa shape index (κ2) is 9.57. The van der Waals surface area contributed by atoms with Gasteiger partial charge in [-0.25, -0.2) is 0 Å². The molecular formula is C16H32O2. The fraction of sp³-hybridized carbons (Fsp3) is 0.875. The molecule has 0 radical (unpaired) electrons. The van der Waals surface area contributed by atoms with Gasteiger partial charge in [-0.05, 0) is 44.4 Å². The molecule has 0 bridgehead atoms. The maximum atomic E-state index is 9.93. The summed E-state index contributed by atoms with van der Waals surface area (Å²) in [5.74, 6) is 0. The van der Waals surface area contributed by atoms with Crippen molar-refractivity contribution in [3.63, 3.8) is 0 Å². The lowest BCUT2D eigenvalue weighted by atomic mass is 9.80. The van der Waals surface area contributed by atoms with E-state index in [1.165, 1.54) is 19.3 Å². The molecule has 3 unspecified atom stereocenters. The molecule has 0 rings (SSSR count). The van der Waals surface area contributed by atoms with Crippen molar-refractivity contribution in [1.82, 2.24) is 0 Å². The summed E-state index contributed by atoms with van der Waals surface area (Å²) in [6, 6.07) is 0. The van der Waals surface area contributed by atoms with E-state index in [1.807, 2.05) is 0 Å². The van der Waals surface area contributed by atoms with Crippen molar-refractivity contribution in [3.05, 3.63) is 12.2 Å². The highest BCUT2D eigenvalue weighted by molar-refractivity contribution is 4.97. The van der Waals surface area contributed by atoms with Gasteiger partial charge in [0.15, 0.2) is 0 Å². The van der Waals surface area contributed by atoms with E-state index < -0.39 is 12.2 Å². The number of rotatable bonds is 10. The molecule has 0 aliphatic rings. The number of hydrogen-bond acceptors (Lipinski definition) is 2. The molecule has 0 aromatic rings. The number of hydrogen-bond donors (Lipinski definition) is 2. The van der Waals surface area contributed by atoms with E-state index in [0.717, 1.165) is 19.3 Å². The summed E-state index contributed by atoms with van der Waals surface area (Å²) in [6.45, 7) is 8.29. The summed E-state index contributed by atoms with van der Waals surface area (Å²) in [5, 5.41) is 19.2. The van der Waals surface area contributed by atoms with Crippen molar-refractivity contribution >= 4 is 0 Å². The molecule has 0 aliphatic carbocycles. The van der Waals surface area contributed by atoms with Crippen LogP contribution in [0.1, 0.15) is 72.6 Å². The first-order valence-corrected chi connectivity index (χ1v) is 7.47. The summed E-state index contributed by atoms with van der Waals surface area (Å²) in [7, 11) is 0. The van der Waals surface area contributed by atoms with Gasteiger partial charge in [-0.3, -0.25) is 0 Å². The van der Waals surface area contributed by atoms with E-state index in [9.17, 15) is 10.2 Å². The first-order valence-electron chi connectivity index (χ1n) is 7.47. The SMILES string of the molecule is CCCCCC=CC(C)(CC)CC(O)CC(C)O. The van der Waals surface area contributed by atoms with Gasteiger partial charge >= 0.3 is 0 Å². The van der Waals surface area contributed by atoms with E-state index in [-0.39, 0.29) is 5.41 Å². The average molecular weight is 256 g/mol. The molecule has 18 heavy (non-hydrogen) atoms. The van der Waals surface area contributed by atoms with Crippen LogP contribution in [0.2, 0.25) is 0 Å². The van der Waals surface area contributed by atoms with Crippen molar-refractivity contribution in [2.75, 3.05) is 0 Å². The normalized spacial score (nSPS) is 18.8. The molecule has 108 valence electrons. The lowest BCUT2D eigenvalue weighted by molar-refractivity contribution is 0.0639. The number of aliphatic hydroxyl groups excluding tert-OH is 2. The third-order valence-corrected chi connectivity index (χ3v) is 3.62. The van der Waals surface area contributed by atoms with Crippen LogP contribution in [0, 0.1) is 5.41 Å². The van der Waals surface area contributed by atoms with Gasteiger partial charge in [-0.2, -0.15) is 0 Å². The third kappa shape index (κ3) is 8.71. The van der Waals surface area contributed by atoms with Crippen LogP contribution in [0.3, 0.4) is 0 Å². The topological polar surface area (TPSA) is 40.5 Å². The van der Waals surface area contributed by atoms with Crippen molar-refractivity contribution in [2.24, 2.45) is 5.41 Å². The van der Waals surface area contributed by atoms with E-state index in [0.29, 0.717) is 6.42 Å². The molecule has 0 aliphatic heterocycles. The van der Waals surface area contributed by atoms with Crippen LogP contribution in [0.25, 0.3) is 0 Å². The van der Waals surface area contributed by atoms with Crippen LogP contribution in [0.4, 0.5) is 0 Å². The average Bonchev–Trinajstić information content (AvgIpc) is 2.27. The van der Waals surface area contributed by atoms with Gasteiger partial charge in [-0.1, -0.05) is 45.8 Å². The van der Waals surface area contributed by atoms with Crippen LogP contribution in [0.5, 0.6) is 0 Å². The standard InChI is InChI=1S/C16H32O2/c1-5-7-8-9-10-11-16(4,6-2)13-15(18)12-14(3)17/h10-11,14-15,17-18H,5-9,12-13H2,1-4H3. The smallest absolute Gasteiger partial charge is 0.0572 e. The monoisotopic (exact) mass is 256 g/mol. The zero-order valence-corrected chi connectivity index (χ0v) is 12.7. The number of allylic oxidation sites excluding steroid dienone is 2. The molecule has 0 fully saturated rings. The molecule has 0 heterocycles. The molecule has 2 heteroatoms. The Morgan fingerprint density at radius 3 is 2.33 bits per heavy atom. The molecule has 0 aromatic carbocycles. The molecule has 0 aromatic heterocycles. The fourth-order valence-corrected chi connectivity index (χ4v) is 2.23. The summed E-state index contributed by atoms with van der Waals surface area (Å²) in [6.07, 6.45) is 10.8. The van der Waals surface area contributed by atoms with E-state index in [2.05, 4.69) is 32.9 Å². The zero-order valence-electron chi connectivity index (χ0n) is 12.7. The highest BCUT2D eigenvalue weighted by Crippen LogP contribution is 2.30. The molecular weight excluding hydrogens is 224 g/mol. The second-order valence-corrected chi connectivity index (χ2v) is 5.85. The molecule has 0 spiro atoms. The van der Waals surface area contributed by atoms with Gasteiger partial charge in [0, 0.05) is 0 Å². The Morgan fingerprint density at radius 2 is 1.83 bits per heavy atom. The van der Waals surface area contributed by atoms with Gasteiger partial charge < -0.3 is 10.2 Å². The van der Waals surface area contributed by atoms with Gasteiger partial charge in [0.2, 0.25) is 0 Å². The van der Waals surface area contributed by atoms with Crippen LogP contribution >= 0.6 is 0 Å². The Morgan fingerprint density at radius 1 is 1.17 bits per heavy atom. The molecule has 3 atom stereocenters. The first kappa shape index (κ1) is 17.7. The first-order chi connectivity index (χ1) is 8.43. The van der Waals surface area contributed by atoms with Crippen molar-refractivity contribution < 1.29 is 10.2 Å². The molecule has 0 saturated heterocycles. The quantitative estimate of drug-likeness (QED) is 0.457. The highest BCUT2D eigenvalue weighted by Gasteiger charge is 2.23. The summed E-state index contributed by atoms with van der Waals surface area (Å²) in [5.41, 5.74) is 0.0561. The van der Waals surface area contributed by atoms with E-state index in [1.54, 1.807) is 6.92 Å².